The molecule has 0 heterocycles. The third-order valence-corrected chi connectivity index (χ3v) is 0.227. The first kappa shape index (κ1) is 5.14. The van der Waals surface area contributed by atoms with Gasteiger partial charge in [0.25, 0.3) is 0 Å². The van der Waals surface area contributed by atoms with E-state index in [1.807, 2.05) is 0 Å². The van der Waals surface area contributed by atoms with Crippen LogP contribution in [0.4, 0.5) is 0 Å². The van der Waals surface area contributed by atoms with Crippen LogP contribution in [0.2, 0.25) is 0 Å². The van der Waals surface area contributed by atoms with Gasteiger partial charge < -0.3 is 4.84 Å². The maximum absolute atomic E-state index is 4.20. The predicted octanol–water partition coefficient (Wildman–Crippen LogP) is 0.277. The highest BCUT2D eigenvalue weighted by Crippen LogP contribution is 1.59. The molecule has 0 unspecified atom stereocenters. The van der Waals surface area contributed by atoms with Crippen LogP contribution in [-0.4, -0.2) is 20.2 Å². The SMILES string of the molecule is C=NO/C=N\C. The van der Waals surface area contributed by atoms with Crippen molar-refractivity contribution >= 4 is 13.1 Å². The minimum absolute atomic E-state index is 1.20. The van der Waals surface area contributed by atoms with Crippen molar-refractivity contribution in [3.8, 4) is 0 Å². The van der Waals surface area contributed by atoms with Gasteiger partial charge in [-0.1, -0.05) is 5.16 Å². The second kappa shape index (κ2) is 4.14. The maximum Gasteiger partial charge on any atom is 0.206 e. The molecule has 3 heteroatoms. The molecule has 0 aromatic heterocycles. The molecule has 0 fully saturated rings. The number of oxime groups is 1. The molecule has 0 amide bonds. The van der Waals surface area contributed by atoms with Crippen LogP contribution < -0.4 is 0 Å². The van der Waals surface area contributed by atoms with Gasteiger partial charge in [-0.15, -0.1) is 0 Å². The number of aliphatic imine (C=N–C) groups is 1. The van der Waals surface area contributed by atoms with E-state index in [0.717, 1.165) is 0 Å². The van der Waals surface area contributed by atoms with Crippen LogP contribution >= 0.6 is 0 Å². The van der Waals surface area contributed by atoms with Gasteiger partial charge in [-0.3, -0.25) is 4.99 Å². The third kappa shape index (κ3) is 3.14. The molecule has 0 aliphatic heterocycles. The first-order chi connectivity index (χ1) is 2.91. The zero-order valence-electron chi connectivity index (χ0n) is 3.59. The first-order valence-corrected chi connectivity index (χ1v) is 1.44. The molecule has 0 bridgehead atoms. The van der Waals surface area contributed by atoms with Crippen molar-refractivity contribution in [2.24, 2.45) is 10.1 Å². The molecule has 0 rings (SSSR count). The smallest absolute Gasteiger partial charge is 0.206 e. The average molecular weight is 86.1 g/mol. The molecule has 0 aliphatic rings. The van der Waals surface area contributed by atoms with Gasteiger partial charge >= 0.3 is 0 Å². The Kier molecular flexibility index (Phi) is 3.55. The van der Waals surface area contributed by atoms with Crippen LogP contribution in [0, 0.1) is 0 Å². The van der Waals surface area contributed by atoms with Crippen LogP contribution in [0.25, 0.3) is 0 Å². The minimum atomic E-state index is 1.20. The molecule has 0 saturated carbocycles. The fourth-order valence-corrected chi connectivity index (χ4v) is 0.0805. The second-order valence-corrected chi connectivity index (χ2v) is 0.598. The third-order valence-electron chi connectivity index (χ3n) is 0.227. The van der Waals surface area contributed by atoms with E-state index in [-0.39, 0.29) is 0 Å². The Bertz CT molecular complexity index is 59.8. The Hall–Kier alpha value is -0.860. The van der Waals surface area contributed by atoms with Gasteiger partial charge in [-0.2, -0.15) is 0 Å². The van der Waals surface area contributed by atoms with E-state index in [9.17, 15) is 0 Å². The molecule has 0 N–H and O–H groups in total. The van der Waals surface area contributed by atoms with Crippen LogP contribution in [0.1, 0.15) is 0 Å². The topological polar surface area (TPSA) is 34.0 Å². The summed E-state index contributed by atoms with van der Waals surface area (Å²) in [5.41, 5.74) is 0. The average Bonchev–Trinajstić information content (AvgIpc) is 1.61. The van der Waals surface area contributed by atoms with Crippen LogP contribution in [0.5, 0.6) is 0 Å². The fourth-order valence-electron chi connectivity index (χ4n) is 0.0805. The lowest BCUT2D eigenvalue weighted by atomic mass is 11.3. The van der Waals surface area contributed by atoms with E-state index in [2.05, 4.69) is 21.7 Å². The predicted molar refractivity (Wildman–Crippen MR) is 25.0 cm³/mol. The molecule has 0 radical (unpaired) electrons. The van der Waals surface area contributed by atoms with Crippen molar-refractivity contribution < 1.29 is 4.84 Å². The summed E-state index contributed by atoms with van der Waals surface area (Å²) in [7, 11) is 1.59. The van der Waals surface area contributed by atoms with Crippen molar-refractivity contribution in [3.05, 3.63) is 0 Å². The Morgan fingerprint density at radius 3 is 2.67 bits per heavy atom. The molecule has 3 nitrogen and oxygen atoms in total. The highest BCUT2D eigenvalue weighted by molar-refractivity contribution is 5.46. The summed E-state index contributed by atoms with van der Waals surface area (Å²) < 4.78 is 0. The standard InChI is InChI=1S/C3H6N2O/c1-4-3-6-5-2/h3H,2H2,1H3/b4-3-. The van der Waals surface area contributed by atoms with Crippen LogP contribution in [0.15, 0.2) is 10.1 Å². The quantitative estimate of drug-likeness (QED) is 0.270. The van der Waals surface area contributed by atoms with Crippen LogP contribution in [0.3, 0.4) is 0 Å². The van der Waals surface area contributed by atoms with Crippen molar-refractivity contribution in [3.63, 3.8) is 0 Å². The van der Waals surface area contributed by atoms with Gasteiger partial charge in [0.15, 0.2) is 0 Å². The van der Waals surface area contributed by atoms with Gasteiger partial charge in [0.05, 0.1) is 0 Å². The molecule has 0 aromatic carbocycles. The lowest BCUT2D eigenvalue weighted by Crippen LogP contribution is -1.70. The van der Waals surface area contributed by atoms with E-state index in [4.69, 9.17) is 0 Å². The van der Waals surface area contributed by atoms with Gasteiger partial charge in [0.1, 0.15) is 0 Å². The van der Waals surface area contributed by atoms with Crippen molar-refractivity contribution in [2.45, 2.75) is 0 Å². The Labute approximate surface area is 36.3 Å². The second-order valence-electron chi connectivity index (χ2n) is 0.598. The Morgan fingerprint density at radius 1 is 1.83 bits per heavy atom. The number of nitrogens with zero attached hydrogens (tertiary/aromatic N) is 2. The Morgan fingerprint density at radius 2 is 2.50 bits per heavy atom. The lowest BCUT2D eigenvalue weighted by Gasteiger charge is -1.76. The van der Waals surface area contributed by atoms with Crippen molar-refractivity contribution in [1.29, 1.82) is 0 Å². The van der Waals surface area contributed by atoms with Gasteiger partial charge in [-0.25, -0.2) is 0 Å². The fraction of sp³-hybridized carbons (Fsp3) is 0.333. The van der Waals surface area contributed by atoms with Gasteiger partial charge in [-0.05, 0) is 0 Å². The first-order valence-electron chi connectivity index (χ1n) is 1.44. The molecule has 0 spiro atoms. The zero-order valence-corrected chi connectivity index (χ0v) is 3.59. The monoisotopic (exact) mass is 86.0 g/mol. The summed E-state index contributed by atoms with van der Waals surface area (Å²) in [6.07, 6.45) is 1.20. The number of hydrogen-bond donors (Lipinski definition) is 0. The van der Waals surface area contributed by atoms with Crippen LogP contribution in [-0.2, 0) is 4.84 Å². The molecule has 34 valence electrons. The number of hydrogen-bond acceptors (Lipinski definition) is 3. The Balaban J connectivity index is 2.85. The van der Waals surface area contributed by atoms with E-state index in [1.54, 1.807) is 7.05 Å². The summed E-state index contributed by atoms with van der Waals surface area (Å²) in [4.78, 5) is 7.65. The van der Waals surface area contributed by atoms with E-state index < -0.39 is 0 Å². The highest BCUT2D eigenvalue weighted by Gasteiger charge is 1.54. The molecule has 0 saturated heterocycles. The maximum atomic E-state index is 4.20. The van der Waals surface area contributed by atoms with E-state index in [0.29, 0.717) is 0 Å². The number of rotatable bonds is 2. The summed E-state index contributed by atoms with van der Waals surface area (Å²) in [6, 6.07) is 0. The highest BCUT2D eigenvalue weighted by atomic mass is 16.6. The van der Waals surface area contributed by atoms with Gasteiger partial charge in [0.2, 0.25) is 6.40 Å². The van der Waals surface area contributed by atoms with E-state index in [1.165, 1.54) is 6.40 Å². The molecular weight excluding hydrogens is 80.0 g/mol. The molecule has 0 atom stereocenters. The molecule has 0 aromatic rings. The summed E-state index contributed by atoms with van der Waals surface area (Å²) in [5, 5.41) is 3.03. The van der Waals surface area contributed by atoms with Crippen molar-refractivity contribution in [2.75, 3.05) is 7.05 Å². The zero-order chi connectivity index (χ0) is 4.83. The normalized spacial score (nSPS) is 8.83. The molecule has 0 aliphatic carbocycles. The summed E-state index contributed by atoms with van der Waals surface area (Å²) in [5.74, 6) is 0. The lowest BCUT2D eigenvalue weighted by molar-refractivity contribution is 0.349. The van der Waals surface area contributed by atoms with Crippen molar-refractivity contribution in [1.82, 2.24) is 0 Å². The van der Waals surface area contributed by atoms with E-state index >= 15 is 0 Å². The molecule has 6 heavy (non-hydrogen) atoms. The molecular formula is C3H6N2O. The largest absolute Gasteiger partial charge is 0.346 e. The summed E-state index contributed by atoms with van der Waals surface area (Å²) in [6.45, 7) is 3.03. The minimum Gasteiger partial charge on any atom is -0.346 e. The van der Waals surface area contributed by atoms with Gasteiger partial charge in [0, 0.05) is 13.8 Å². The summed E-state index contributed by atoms with van der Waals surface area (Å²) >= 11 is 0.